The van der Waals surface area contributed by atoms with E-state index in [0.717, 1.165) is 11.3 Å². The first kappa shape index (κ1) is 13.0. The van der Waals surface area contributed by atoms with Crippen LogP contribution in [0, 0.1) is 0 Å². The Hall–Kier alpha value is -3.02. The van der Waals surface area contributed by atoms with Gasteiger partial charge in [0, 0.05) is 17.4 Å². The molecule has 0 aliphatic carbocycles. The highest BCUT2D eigenvalue weighted by Crippen LogP contribution is 2.19. The number of urea groups is 1. The summed E-state index contributed by atoms with van der Waals surface area (Å²) in [7, 11) is 1.59. The number of aromatic nitrogens is 1. The molecule has 0 aliphatic rings. The zero-order valence-corrected chi connectivity index (χ0v) is 11.3. The first-order valence-corrected chi connectivity index (χ1v) is 6.30. The standard InChI is InChI=1S/C15H13N3O3/c1-20-12-5-2-10(3-6-12)17-15(19)18-11-4-7-13-14(8-11)21-9-16-13/h2-9H,1H3,(H2,17,18,19). The van der Waals surface area contributed by atoms with Gasteiger partial charge in [0.2, 0.25) is 0 Å². The van der Waals surface area contributed by atoms with Crippen LogP contribution in [0.15, 0.2) is 53.3 Å². The van der Waals surface area contributed by atoms with Gasteiger partial charge in [-0.3, -0.25) is 0 Å². The van der Waals surface area contributed by atoms with Crippen LogP contribution in [0.25, 0.3) is 11.1 Å². The number of oxazole rings is 1. The molecule has 3 aromatic rings. The Morgan fingerprint density at radius 3 is 2.57 bits per heavy atom. The Bertz CT molecular complexity index is 765. The zero-order chi connectivity index (χ0) is 14.7. The smallest absolute Gasteiger partial charge is 0.323 e. The normalized spacial score (nSPS) is 10.3. The molecule has 3 rings (SSSR count). The highest BCUT2D eigenvalue weighted by atomic mass is 16.5. The molecule has 106 valence electrons. The van der Waals surface area contributed by atoms with Crippen molar-refractivity contribution in [3.05, 3.63) is 48.9 Å². The Morgan fingerprint density at radius 2 is 1.81 bits per heavy atom. The van der Waals surface area contributed by atoms with Crippen molar-refractivity contribution in [2.24, 2.45) is 0 Å². The predicted molar refractivity (Wildman–Crippen MR) is 79.6 cm³/mol. The number of fused-ring (bicyclic) bond motifs is 1. The number of anilines is 2. The van der Waals surface area contributed by atoms with Crippen molar-refractivity contribution in [1.29, 1.82) is 0 Å². The van der Waals surface area contributed by atoms with Gasteiger partial charge in [0.15, 0.2) is 12.0 Å². The summed E-state index contributed by atoms with van der Waals surface area (Å²) in [5, 5.41) is 5.46. The molecule has 0 aliphatic heterocycles. The van der Waals surface area contributed by atoms with Crippen molar-refractivity contribution in [2.75, 3.05) is 17.7 Å². The summed E-state index contributed by atoms with van der Waals surface area (Å²) in [6.07, 6.45) is 1.37. The lowest BCUT2D eigenvalue weighted by Crippen LogP contribution is -2.19. The lowest BCUT2D eigenvalue weighted by molar-refractivity contribution is 0.262. The zero-order valence-electron chi connectivity index (χ0n) is 11.3. The fourth-order valence-corrected chi connectivity index (χ4v) is 1.90. The number of carbonyl (C=O) groups is 1. The molecule has 0 spiro atoms. The molecule has 0 fully saturated rings. The second-order valence-corrected chi connectivity index (χ2v) is 4.34. The number of methoxy groups -OCH3 is 1. The monoisotopic (exact) mass is 283 g/mol. The second kappa shape index (κ2) is 5.54. The third-order valence-electron chi connectivity index (χ3n) is 2.94. The van der Waals surface area contributed by atoms with E-state index in [0.29, 0.717) is 17.0 Å². The molecule has 6 heteroatoms. The maximum absolute atomic E-state index is 11.9. The number of carbonyl (C=O) groups excluding carboxylic acids is 1. The Balaban J connectivity index is 1.67. The second-order valence-electron chi connectivity index (χ2n) is 4.34. The third kappa shape index (κ3) is 2.94. The van der Waals surface area contributed by atoms with E-state index >= 15 is 0 Å². The first-order valence-electron chi connectivity index (χ1n) is 6.30. The number of nitrogens with zero attached hydrogens (tertiary/aromatic N) is 1. The van der Waals surface area contributed by atoms with E-state index in [2.05, 4.69) is 15.6 Å². The van der Waals surface area contributed by atoms with E-state index in [1.807, 2.05) is 0 Å². The largest absolute Gasteiger partial charge is 0.497 e. The van der Waals surface area contributed by atoms with Gasteiger partial charge in [0.05, 0.1) is 7.11 Å². The number of hydrogen-bond acceptors (Lipinski definition) is 4. The minimum Gasteiger partial charge on any atom is -0.497 e. The molecular weight excluding hydrogens is 270 g/mol. The van der Waals surface area contributed by atoms with Crippen LogP contribution in [0.1, 0.15) is 0 Å². The molecule has 6 nitrogen and oxygen atoms in total. The molecule has 0 unspecified atom stereocenters. The molecule has 1 heterocycles. The van der Waals surface area contributed by atoms with Crippen LogP contribution < -0.4 is 15.4 Å². The average Bonchev–Trinajstić information content (AvgIpc) is 2.95. The van der Waals surface area contributed by atoms with E-state index in [-0.39, 0.29) is 6.03 Å². The van der Waals surface area contributed by atoms with Gasteiger partial charge in [0.25, 0.3) is 0 Å². The van der Waals surface area contributed by atoms with E-state index in [4.69, 9.17) is 9.15 Å². The molecular formula is C15H13N3O3. The van der Waals surface area contributed by atoms with Crippen LogP contribution in [0.5, 0.6) is 5.75 Å². The molecule has 2 N–H and O–H groups in total. The molecule has 21 heavy (non-hydrogen) atoms. The van der Waals surface area contributed by atoms with Gasteiger partial charge in [-0.25, -0.2) is 9.78 Å². The van der Waals surface area contributed by atoms with Gasteiger partial charge < -0.3 is 19.8 Å². The van der Waals surface area contributed by atoms with E-state index in [1.54, 1.807) is 49.6 Å². The molecule has 0 radical (unpaired) electrons. The van der Waals surface area contributed by atoms with Gasteiger partial charge in [-0.1, -0.05) is 0 Å². The van der Waals surface area contributed by atoms with Crippen molar-refractivity contribution in [3.63, 3.8) is 0 Å². The lowest BCUT2D eigenvalue weighted by atomic mass is 10.3. The number of rotatable bonds is 3. The van der Waals surface area contributed by atoms with Crippen molar-refractivity contribution in [3.8, 4) is 5.75 Å². The van der Waals surface area contributed by atoms with Crippen LogP contribution in [0.3, 0.4) is 0 Å². The summed E-state index contributed by atoms with van der Waals surface area (Å²) in [6.45, 7) is 0. The Morgan fingerprint density at radius 1 is 1.10 bits per heavy atom. The topological polar surface area (TPSA) is 76.4 Å². The summed E-state index contributed by atoms with van der Waals surface area (Å²) in [6, 6.07) is 12.0. The number of hydrogen-bond donors (Lipinski definition) is 2. The summed E-state index contributed by atoms with van der Waals surface area (Å²) in [4.78, 5) is 15.9. The molecule has 0 bridgehead atoms. The summed E-state index contributed by atoms with van der Waals surface area (Å²) >= 11 is 0. The molecule has 0 saturated carbocycles. The van der Waals surface area contributed by atoms with E-state index in [9.17, 15) is 4.79 Å². The summed E-state index contributed by atoms with van der Waals surface area (Å²) < 4.78 is 10.2. The van der Waals surface area contributed by atoms with Crippen LogP contribution in [-0.4, -0.2) is 18.1 Å². The van der Waals surface area contributed by atoms with Crippen LogP contribution in [0.2, 0.25) is 0 Å². The number of benzene rings is 2. The van der Waals surface area contributed by atoms with Crippen molar-refractivity contribution >= 4 is 28.5 Å². The van der Waals surface area contributed by atoms with E-state index < -0.39 is 0 Å². The SMILES string of the molecule is COc1ccc(NC(=O)Nc2ccc3ncoc3c2)cc1. The van der Waals surface area contributed by atoms with Gasteiger partial charge in [-0.05, 0) is 36.4 Å². The third-order valence-corrected chi connectivity index (χ3v) is 2.94. The highest BCUT2D eigenvalue weighted by Gasteiger charge is 2.05. The minimum atomic E-state index is -0.334. The fraction of sp³-hybridized carbons (Fsp3) is 0.0667. The number of ether oxygens (including phenoxy) is 1. The van der Waals surface area contributed by atoms with Gasteiger partial charge in [-0.2, -0.15) is 0 Å². The predicted octanol–water partition coefficient (Wildman–Crippen LogP) is 3.48. The fourth-order valence-electron chi connectivity index (χ4n) is 1.90. The van der Waals surface area contributed by atoms with Crippen LogP contribution in [-0.2, 0) is 0 Å². The number of nitrogens with one attached hydrogen (secondary N) is 2. The quantitative estimate of drug-likeness (QED) is 0.771. The molecule has 1 aromatic heterocycles. The van der Waals surface area contributed by atoms with Crippen molar-refractivity contribution in [1.82, 2.24) is 4.98 Å². The van der Waals surface area contributed by atoms with Crippen LogP contribution >= 0.6 is 0 Å². The van der Waals surface area contributed by atoms with Crippen molar-refractivity contribution in [2.45, 2.75) is 0 Å². The van der Waals surface area contributed by atoms with Gasteiger partial charge >= 0.3 is 6.03 Å². The number of amides is 2. The molecule has 2 amide bonds. The van der Waals surface area contributed by atoms with Gasteiger partial charge in [0.1, 0.15) is 11.3 Å². The average molecular weight is 283 g/mol. The lowest BCUT2D eigenvalue weighted by Gasteiger charge is -2.08. The molecule has 0 saturated heterocycles. The molecule has 0 atom stereocenters. The van der Waals surface area contributed by atoms with E-state index in [1.165, 1.54) is 6.39 Å². The summed E-state index contributed by atoms with van der Waals surface area (Å²) in [5.74, 6) is 0.733. The maximum atomic E-state index is 11.9. The van der Waals surface area contributed by atoms with Gasteiger partial charge in [-0.15, -0.1) is 0 Å². The molecule has 2 aromatic carbocycles. The van der Waals surface area contributed by atoms with Crippen molar-refractivity contribution < 1.29 is 13.9 Å². The Kier molecular flexibility index (Phi) is 3.42. The minimum absolute atomic E-state index is 0.334. The highest BCUT2D eigenvalue weighted by molar-refractivity contribution is 6.00. The summed E-state index contributed by atoms with van der Waals surface area (Å²) in [5.41, 5.74) is 2.67. The maximum Gasteiger partial charge on any atom is 0.323 e. The Labute approximate surface area is 120 Å². The first-order chi connectivity index (χ1) is 10.2. The van der Waals surface area contributed by atoms with Crippen LogP contribution in [0.4, 0.5) is 16.2 Å².